The van der Waals surface area contributed by atoms with Gasteiger partial charge in [0.25, 0.3) is 5.91 Å². The molecule has 0 aliphatic carbocycles. The number of carbonyl (C=O) groups excluding carboxylic acids is 2. The molecule has 0 rings (SSSR count). The molecule has 6 unspecified atom stereocenters. The number of hydrogen-bond donors (Lipinski definition) is 8. The van der Waals surface area contributed by atoms with Crippen molar-refractivity contribution in [1.29, 1.82) is 0 Å². The number of carbonyl (C=O) groups is 2. The molecule has 0 aromatic rings. The number of esters is 1. The lowest BCUT2D eigenvalue weighted by Crippen LogP contribution is -2.53. The van der Waals surface area contributed by atoms with E-state index in [-0.39, 0.29) is 64.8 Å². The van der Waals surface area contributed by atoms with Gasteiger partial charge in [-0.1, -0.05) is 0 Å². The maximum Gasteiger partial charge on any atom is 0.308 e. The molecule has 0 saturated heterocycles. The first kappa shape index (κ1) is 41.5. The summed E-state index contributed by atoms with van der Waals surface area (Å²) in [6.45, 7) is 5.29. The number of nitrogens with zero attached hydrogens (tertiary/aromatic N) is 1. The SMILES string of the molecule is CC(C)(C)OC(=O)CCOCCOCCOCCOCCN(CC(O)C(O)C(O)CCO)C(=O)C(O)C(O)C(O)CCO. The highest BCUT2D eigenvalue weighted by atomic mass is 16.6. The Morgan fingerprint density at radius 1 is 0.651 bits per heavy atom. The molecule has 0 aliphatic heterocycles. The molecule has 0 heterocycles. The summed E-state index contributed by atoms with van der Waals surface area (Å²) in [5.41, 5.74) is -0.536. The normalized spacial score (nSPS) is 16.3. The van der Waals surface area contributed by atoms with Gasteiger partial charge >= 0.3 is 5.97 Å². The summed E-state index contributed by atoms with van der Waals surface area (Å²) < 4.78 is 26.7. The van der Waals surface area contributed by atoms with Crippen LogP contribution in [-0.2, 0) is 33.3 Å². The Balaban J connectivity index is 4.39. The van der Waals surface area contributed by atoms with E-state index >= 15 is 0 Å². The molecule has 6 atom stereocenters. The Morgan fingerprint density at radius 2 is 1.09 bits per heavy atom. The summed E-state index contributed by atoms with van der Waals surface area (Å²) in [6.07, 6.45) is -10.9. The average molecular weight is 632 g/mol. The minimum atomic E-state index is -2.10. The third-order valence-electron chi connectivity index (χ3n) is 5.82. The zero-order chi connectivity index (χ0) is 32.8. The van der Waals surface area contributed by atoms with Gasteiger partial charge in [0, 0.05) is 26.3 Å². The molecule has 256 valence electrons. The van der Waals surface area contributed by atoms with Crippen molar-refractivity contribution in [3.63, 3.8) is 0 Å². The van der Waals surface area contributed by atoms with Gasteiger partial charge in [0.1, 0.15) is 17.8 Å². The fourth-order valence-electron chi connectivity index (χ4n) is 3.52. The minimum absolute atomic E-state index is 0.0871. The lowest BCUT2D eigenvalue weighted by Gasteiger charge is -2.32. The second-order valence-corrected chi connectivity index (χ2v) is 10.7. The van der Waals surface area contributed by atoms with Crippen LogP contribution in [0.5, 0.6) is 0 Å². The second-order valence-electron chi connectivity index (χ2n) is 10.7. The smallest absolute Gasteiger partial charge is 0.308 e. The van der Waals surface area contributed by atoms with E-state index in [1.807, 2.05) is 0 Å². The second kappa shape index (κ2) is 23.8. The highest BCUT2D eigenvalue weighted by Gasteiger charge is 2.35. The Bertz CT molecular complexity index is 723. The fraction of sp³-hybridized carbons (Fsp3) is 0.926. The molecule has 0 spiro atoms. The largest absolute Gasteiger partial charge is 0.460 e. The summed E-state index contributed by atoms with van der Waals surface area (Å²) in [4.78, 5) is 25.3. The van der Waals surface area contributed by atoms with Crippen LogP contribution in [0.4, 0.5) is 0 Å². The quantitative estimate of drug-likeness (QED) is 0.0342. The van der Waals surface area contributed by atoms with Crippen LogP contribution in [0, 0.1) is 0 Å². The molecule has 0 radical (unpaired) electrons. The predicted molar refractivity (Wildman–Crippen MR) is 150 cm³/mol. The van der Waals surface area contributed by atoms with Crippen molar-refractivity contribution in [3.05, 3.63) is 0 Å². The van der Waals surface area contributed by atoms with Crippen LogP contribution in [-0.4, -0.2) is 179 Å². The first-order valence-electron chi connectivity index (χ1n) is 14.4. The number of hydrogen-bond acceptors (Lipinski definition) is 15. The van der Waals surface area contributed by atoms with E-state index in [9.17, 15) is 40.2 Å². The van der Waals surface area contributed by atoms with Crippen molar-refractivity contribution in [2.75, 3.05) is 79.2 Å². The van der Waals surface area contributed by atoms with Crippen LogP contribution in [0.25, 0.3) is 0 Å². The van der Waals surface area contributed by atoms with E-state index in [2.05, 4.69) is 0 Å². The van der Waals surface area contributed by atoms with E-state index < -0.39 is 67.9 Å². The maximum atomic E-state index is 12.8. The highest BCUT2D eigenvalue weighted by molar-refractivity contribution is 5.81. The van der Waals surface area contributed by atoms with Crippen molar-refractivity contribution in [3.8, 4) is 0 Å². The van der Waals surface area contributed by atoms with Crippen LogP contribution in [0.1, 0.15) is 40.0 Å². The van der Waals surface area contributed by atoms with Crippen LogP contribution >= 0.6 is 0 Å². The number of aliphatic hydroxyl groups excluding tert-OH is 8. The molecule has 0 aromatic heterocycles. The van der Waals surface area contributed by atoms with Gasteiger partial charge in [0.05, 0.1) is 77.6 Å². The Kier molecular flexibility index (Phi) is 22.9. The van der Waals surface area contributed by atoms with Crippen molar-refractivity contribution in [1.82, 2.24) is 4.90 Å². The van der Waals surface area contributed by atoms with Crippen molar-refractivity contribution < 1.29 is 74.1 Å². The number of rotatable bonds is 26. The van der Waals surface area contributed by atoms with Gasteiger partial charge in [-0.2, -0.15) is 0 Å². The van der Waals surface area contributed by atoms with Gasteiger partial charge in [-0.15, -0.1) is 0 Å². The first-order valence-corrected chi connectivity index (χ1v) is 14.4. The standard InChI is InChI=1S/C27H53NO15/c1-27(2,3)43-22(34)6-10-39-12-14-41-16-17-42-15-13-40-11-7-28(18-21(33)23(35)19(31)4-8-29)26(38)25(37)24(36)20(32)5-9-30/h19-21,23-25,29-33,35-37H,4-18H2,1-3H3. The molecule has 0 bridgehead atoms. The number of aliphatic hydroxyl groups is 8. The van der Waals surface area contributed by atoms with E-state index in [1.54, 1.807) is 20.8 Å². The zero-order valence-electron chi connectivity index (χ0n) is 25.5. The van der Waals surface area contributed by atoms with Crippen molar-refractivity contribution >= 4 is 11.9 Å². The molecule has 0 fully saturated rings. The molecular weight excluding hydrogens is 578 g/mol. The van der Waals surface area contributed by atoms with E-state index in [1.165, 1.54) is 0 Å². The van der Waals surface area contributed by atoms with E-state index in [4.69, 9.17) is 33.9 Å². The molecule has 1 amide bonds. The zero-order valence-corrected chi connectivity index (χ0v) is 25.5. The molecular formula is C27H53NO15. The molecule has 0 saturated carbocycles. The van der Waals surface area contributed by atoms with Crippen LogP contribution in [0.3, 0.4) is 0 Å². The monoisotopic (exact) mass is 631 g/mol. The number of amides is 1. The van der Waals surface area contributed by atoms with Gasteiger partial charge in [-0.3, -0.25) is 9.59 Å². The summed E-state index contributed by atoms with van der Waals surface area (Å²) in [5, 5.41) is 78.2. The third kappa shape index (κ3) is 20.2. The Morgan fingerprint density at radius 3 is 1.56 bits per heavy atom. The van der Waals surface area contributed by atoms with Crippen molar-refractivity contribution in [2.45, 2.75) is 82.3 Å². The highest BCUT2D eigenvalue weighted by Crippen LogP contribution is 2.11. The van der Waals surface area contributed by atoms with Gasteiger partial charge < -0.3 is 69.4 Å². The summed E-state index contributed by atoms with van der Waals surface area (Å²) in [5.74, 6) is -1.42. The first-order chi connectivity index (χ1) is 20.2. The maximum absolute atomic E-state index is 12.8. The van der Waals surface area contributed by atoms with Gasteiger partial charge in [0.2, 0.25) is 0 Å². The number of ether oxygens (including phenoxy) is 5. The third-order valence-corrected chi connectivity index (χ3v) is 5.82. The topological polar surface area (TPSA) is 245 Å². The lowest BCUT2D eigenvalue weighted by atomic mass is 10.0. The van der Waals surface area contributed by atoms with Gasteiger partial charge in [0.15, 0.2) is 6.10 Å². The molecule has 0 aromatic carbocycles. The van der Waals surface area contributed by atoms with Crippen LogP contribution < -0.4 is 0 Å². The van der Waals surface area contributed by atoms with Crippen molar-refractivity contribution in [2.24, 2.45) is 0 Å². The lowest BCUT2D eigenvalue weighted by molar-refractivity contribution is -0.157. The molecule has 16 nitrogen and oxygen atoms in total. The summed E-state index contributed by atoms with van der Waals surface area (Å²) in [7, 11) is 0. The van der Waals surface area contributed by atoms with Gasteiger partial charge in [-0.05, 0) is 33.6 Å². The Hall–Kier alpha value is -1.54. The molecule has 0 aliphatic rings. The molecule has 43 heavy (non-hydrogen) atoms. The average Bonchev–Trinajstić information content (AvgIpc) is 2.94. The van der Waals surface area contributed by atoms with E-state index in [0.29, 0.717) is 19.8 Å². The molecule has 16 heteroatoms. The molecule has 8 N–H and O–H groups in total. The summed E-state index contributed by atoms with van der Waals surface area (Å²) in [6, 6.07) is 0. The predicted octanol–water partition coefficient (Wildman–Crippen LogP) is -3.46. The fourth-order valence-corrected chi connectivity index (χ4v) is 3.52. The van der Waals surface area contributed by atoms with Crippen LogP contribution in [0.2, 0.25) is 0 Å². The Labute approximate surface area is 252 Å². The minimum Gasteiger partial charge on any atom is -0.460 e. The van der Waals surface area contributed by atoms with Gasteiger partial charge in [-0.25, -0.2) is 0 Å². The summed E-state index contributed by atoms with van der Waals surface area (Å²) >= 11 is 0. The van der Waals surface area contributed by atoms with Crippen LogP contribution in [0.15, 0.2) is 0 Å². The van der Waals surface area contributed by atoms with E-state index in [0.717, 1.165) is 4.90 Å².